The number of carbonyl (C=O) groups excluding carboxylic acids is 2. The van der Waals surface area contributed by atoms with Gasteiger partial charge in [0.2, 0.25) is 0 Å². The number of fused-ring (bicyclic) bond motifs is 3. The standard InChI is InChI=1S/C20H23N3O4/c21-11-5-10-18(19(24)27-22)23-20(25)26-12-17-15-8-3-1-6-13(15)14-7-2-4-9-16(14)17/h1-4,6-9,17-18H,5,10-12,21-22H2,(H,23,25)/t18-/m1/s1. The number of carbonyl (C=O) groups is 2. The van der Waals surface area contributed by atoms with Gasteiger partial charge in [-0.3, -0.25) is 0 Å². The minimum Gasteiger partial charge on any atom is -0.449 e. The molecule has 1 amide bonds. The van der Waals surface area contributed by atoms with E-state index in [1.54, 1.807) is 0 Å². The molecule has 1 aliphatic rings. The Morgan fingerprint density at radius 2 is 1.63 bits per heavy atom. The Morgan fingerprint density at radius 1 is 1.04 bits per heavy atom. The number of benzene rings is 2. The third-order valence-electron chi connectivity index (χ3n) is 4.73. The smallest absolute Gasteiger partial charge is 0.407 e. The Labute approximate surface area is 157 Å². The number of nitrogens with two attached hydrogens (primary N) is 2. The quantitative estimate of drug-likeness (QED) is 0.643. The molecule has 5 N–H and O–H groups in total. The van der Waals surface area contributed by atoms with Crippen LogP contribution in [0.5, 0.6) is 0 Å². The minimum absolute atomic E-state index is 0.0490. The number of ether oxygens (including phenoxy) is 1. The zero-order chi connectivity index (χ0) is 19.2. The first-order chi connectivity index (χ1) is 13.2. The highest BCUT2D eigenvalue weighted by Gasteiger charge is 2.29. The van der Waals surface area contributed by atoms with Crippen molar-refractivity contribution in [2.75, 3.05) is 13.2 Å². The molecule has 142 valence electrons. The molecule has 0 unspecified atom stereocenters. The molecule has 27 heavy (non-hydrogen) atoms. The Bertz CT molecular complexity index is 779. The molecule has 0 saturated heterocycles. The van der Waals surface area contributed by atoms with Crippen molar-refractivity contribution in [2.24, 2.45) is 11.6 Å². The maximum absolute atomic E-state index is 12.2. The topological polar surface area (TPSA) is 117 Å². The molecule has 0 aliphatic heterocycles. The van der Waals surface area contributed by atoms with Crippen molar-refractivity contribution in [3.05, 3.63) is 59.7 Å². The van der Waals surface area contributed by atoms with E-state index >= 15 is 0 Å². The predicted octanol–water partition coefficient (Wildman–Crippen LogP) is 2.05. The number of nitrogens with one attached hydrogen (secondary N) is 1. The van der Waals surface area contributed by atoms with E-state index < -0.39 is 18.1 Å². The summed E-state index contributed by atoms with van der Waals surface area (Å²) in [4.78, 5) is 28.1. The Morgan fingerprint density at radius 3 is 2.19 bits per heavy atom. The monoisotopic (exact) mass is 369 g/mol. The first-order valence-electron chi connectivity index (χ1n) is 8.88. The molecule has 0 aromatic heterocycles. The Hall–Kier alpha value is -2.90. The van der Waals surface area contributed by atoms with Gasteiger partial charge in [-0.15, -0.1) is 0 Å². The predicted molar refractivity (Wildman–Crippen MR) is 101 cm³/mol. The van der Waals surface area contributed by atoms with E-state index in [1.807, 2.05) is 36.4 Å². The van der Waals surface area contributed by atoms with Gasteiger partial charge >= 0.3 is 12.1 Å². The number of amides is 1. The fourth-order valence-corrected chi connectivity index (χ4v) is 3.44. The summed E-state index contributed by atoms with van der Waals surface area (Å²) in [5.74, 6) is 4.15. The molecule has 1 aliphatic carbocycles. The van der Waals surface area contributed by atoms with Crippen LogP contribution in [0.15, 0.2) is 48.5 Å². The molecule has 0 saturated carbocycles. The van der Waals surface area contributed by atoms with Crippen LogP contribution >= 0.6 is 0 Å². The van der Waals surface area contributed by atoms with Crippen LogP contribution < -0.4 is 16.9 Å². The zero-order valence-electron chi connectivity index (χ0n) is 14.9. The van der Waals surface area contributed by atoms with E-state index in [-0.39, 0.29) is 12.5 Å². The van der Waals surface area contributed by atoms with Gasteiger partial charge in [0.25, 0.3) is 0 Å². The maximum atomic E-state index is 12.2. The highest BCUT2D eigenvalue weighted by molar-refractivity contribution is 5.81. The third-order valence-corrected chi connectivity index (χ3v) is 4.73. The lowest BCUT2D eigenvalue weighted by atomic mass is 9.98. The first-order valence-corrected chi connectivity index (χ1v) is 8.88. The summed E-state index contributed by atoms with van der Waals surface area (Å²) in [5.41, 5.74) is 9.99. The summed E-state index contributed by atoms with van der Waals surface area (Å²) < 4.78 is 5.41. The summed E-state index contributed by atoms with van der Waals surface area (Å²) in [5, 5.41) is 2.50. The number of alkyl carbamates (subject to hydrolysis) is 1. The van der Waals surface area contributed by atoms with Crippen LogP contribution in [0.3, 0.4) is 0 Å². The van der Waals surface area contributed by atoms with E-state index in [9.17, 15) is 9.59 Å². The Balaban J connectivity index is 1.67. The Kier molecular flexibility index (Phi) is 6.05. The van der Waals surface area contributed by atoms with Crippen molar-refractivity contribution in [1.29, 1.82) is 0 Å². The maximum Gasteiger partial charge on any atom is 0.407 e. The first kappa shape index (κ1) is 18.9. The molecule has 0 radical (unpaired) electrons. The van der Waals surface area contributed by atoms with Gasteiger partial charge in [0, 0.05) is 5.92 Å². The summed E-state index contributed by atoms with van der Waals surface area (Å²) in [7, 11) is 0. The highest BCUT2D eigenvalue weighted by Crippen LogP contribution is 2.44. The van der Waals surface area contributed by atoms with Gasteiger partial charge in [-0.25, -0.2) is 9.59 Å². The van der Waals surface area contributed by atoms with E-state index in [4.69, 9.17) is 16.4 Å². The molecule has 0 heterocycles. The molecule has 3 rings (SSSR count). The van der Waals surface area contributed by atoms with Crippen LogP contribution in [0.25, 0.3) is 11.1 Å². The molecular weight excluding hydrogens is 346 g/mol. The van der Waals surface area contributed by atoms with E-state index in [1.165, 1.54) is 0 Å². The molecule has 0 bridgehead atoms. The lowest BCUT2D eigenvalue weighted by molar-refractivity contribution is -0.146. The second-order valence-electron chi connectivity index (χ2n) is 6.39. The summed E-state index contributed by atoms with van der Waals surface area (Å²) >= 11 is 0. The SMILES string of the molecule is NCCC[C@@H](NC(=O)OCC1c2ccccc2-c2ccccc21)C(=O)ON. The van der Waals surface area contributed by atoms with Gasteiger partial charge < -0.3 is 20.6 Å². The molecule has 7 heteroatoms. The van der Waals surface area contributed by atoms with Gasteiger partial charge in [-0.05, 0) is 41.6 Å². The van der Waals surface area contributed by atoms with Crippen LogP contribution in [-0.4, -0.2) is 31.3 Å². The van der Waals surface area contributed by atoms with E-state index in [0.717, 1.165) is 22.3 Å². The molecule has 0 spiro atoms. The number of hydrogen-bond acceptors (Lipinski definition) is 6. The molecule has 2 aromatic carbocycles. The lowest BCUT2D eigenvalue weighted by Gasteiger charge is -2.18. The fourth-order valence-electron chi connectivity index (χ4n) is 3.44. The second kappa shape index (κ2) is 8.66. The molecule has 0 fully saturated rings. The van der Waals surface area contributed by atoms with Gasteiger partial charge in [0.05, 0.1) is 0 Å². The lowest BCUT2D eigenvalue weighted by Crippen LogP contribution is -2.43. The van der Waals surface area contributed by atoms with Crippen molar-refractivity contribution in [1.82, 2.24) is 5.32 Å². The second-order valence-corrected chi connectivity index (χ2v) is 6.39. The minimum atomic E-state index is -0.880. The van der Waals surface area contributed by atoms with Crippen LogP contribution in [0.1, 0.15) is 29.9 Å². The van der Waals surface area contributed by atoms with Crippen LogP contribution in [0.4, 0.5) is 4.79 Å². The van der Waals surface area contributed by atoms with Gasteiger partial charge in [-0.1, -0.05) is 48.5 Å². The zero-order valence-corrected chi connectivity index (χ0v) is 14.9. The van der Waals surface area contributed by atoms with Crippen molar-refractivity contribution in [2.45, 2.75) is 24.8 Å². The van der Waals surface area contributed by atoms with Crippen molar-refractivity contribution >= 4 is 12.1 Å². The number of hydrogen-bond donors (Lipinski definition) is 3. The molecule has 2 aromatic rings. The van der Waals surface area contributed by atoms with E-state index in [0.29, 0.717) is 19.4 Å². The average molecular weight is 369 g/mol. The molecule has 1 atom stereocenters. The fraction of sp³-hybridized carbons (Fsp3) is 0.300. The van der Waals surface area contributed by atoms with Gasteiger partial charge in [0.15, 0.2) is 0 Å². The van der Waals surface area contributed by atoms with Gasteiger partial charge in [0.1, 0.15) is 12.6 Å². The van der Waals surface area contributed by atoms with Gasteiger partial charge in [-0.2, -0.15) is 5.90 Å². The van der Waals surface area contributed by atoms with Crippen LogP contribution in [-0.2, 0) is 14.4 Å². The summed E-state index contributed by atoms with van der Waals surface area (Å²) in [6.07, 6.45) is 0.185. The molecular formula is C20H23N3O4. The van der Waals surface area contributed by atoms with Crippen molar-refractivity contribution < 1.29 is 19.2 Å². The summed E-state index contributed by atoms with van der Waals surface area (Å²) in [6.45, 7) is 0.557. The van der Waals surface area contributed by atoms with E-state index in [2.05, 4.69) is 22.3 Å². The highest BCUT2D eigenvalue weighted by atomic mass is 16.7. The van der Waals surface area contributed by atoms with Crippen molar-refractivity contribution in [3.63, 3.8) is 0 Å². The normalized spacial score (nSPS) is 13.4. The average Bonchev–Trinajstić information content (AvgIpc) is 3.03. The number of rotatable bonds is 7. The van der Waals surface area contributed by atoms with Crippen LogP contribution in [0, 0.1) is 0 Å². The largest absolute Gasteiger partial charge is 0.449 e. The third kappa shape index (κ3) is 4.10. The molecule has 7 nitrogen and oxygen atoms in total. The van der Waals surface area contributed by atoms with Crippen LogP contribution in [0.2, 0.25) is 0 Å². The summed E-state index contributed by atoms with van der Waals surface area (Å²) in [6, 6.07) is 15.2. The van der Waals surface area contributed by atoms with Crippen molar-refractivity contribution in [3.8, 4) is 11.1 Å².